The molecule has 0 spiro atoms. The van der Waals surface area contributed by atoms with Gasteiger partial charge in [-0.05, 0) is 23.3 Å². The highest BCUT2D eigenvalue weighted by Gasteiger charge is 2.21. The Kier molecular flexibility index (Phi) is 7.60. The third-order valence-electron chi connectivity index (χ3n) is 5.33. The third-order valence-corrected chi connectivity index (χ3v) is 6.02. The molecular weight excluding hydrogens is 424 g/mol. The molecule has 7 nitrogen and oxygen atoms in total. The highest BCUT2D eigenvalue weighted by molar-refractivity contribution is 7.13. The first kappa shape index (κ1) is 22.1. The van der Waals surface area contributed by atoms with E-state index in [0.29, 0.717) is 37.0 Å². The number of thiazole rings is 1. The summed E-state index contributed by atoms with van der Waals surface area (Å²) in [6.45, 7) is 4.19. The normalized spacial score (nSPS) is 14.1. The van der Waals surface area contributed by atoms with Crippen LogP contribution in [-0.4, -0.2) is 72.5 Å². The minimum atomic E-state index is -0.254. The van der Waals surface area contributed by atoms with E-state index in [4.69, 9.17) is 4.74 Å². The summed E-state index contributed by atoms with van der Waals surface area (Å²) in [5.41, 5.74) is 2.70. The first-order chi connectivity index (χ1) is 15.7. The van der Waals surface area contributed by atoms with Crippen LogP contribution in [0.5, 0.6) is 0 Å². The number of nitrogens with one attached hydrogen (secondary N) is 1. The lowest BCUT2D eigenvalue weighted by atomic mass is 10.0. The number of carbonyl (C=O) groups is 2. The molecule has 2 heterocycles. The van der Waals surface area contributed by atoms with Crippen molar-refractivity contribution in [1.29, 1.82) is 0 Å². The number of anilines is 1. The van der Waals surface area contributed by atoms with E-state index < -0.39 is 0 Å². The Morgan fingerprint density at radius 1 is 1.03 bits per heavy atom. The van der Waals surface area contributed by atoms with Crippen LogP contribution < -0.4 is 5.32 Å². The molecule has 2 aromatic carbocycles. The number of hydrogen-bond donors (Lipinski definition) is 1. The minimum Gasteiger partial charge on any atom is -0.379 e. The smallest absolute Gasteiger partial charge is 0.254 e. The van der Waals surface area contributed by atoms with Crippen LogP contribution in [0.4, 0.5) is 5.13 Å². The predicted octanol–water partition coefficient (Wildman–Crippen LogP) is 3.22. The highest BCUT2D eigenvalue weighted by Crippen LogP contribution is 2.20. The van der Waals surface area contributed by atoms with Gasteiger partial charge in [0.25, 0.3) is 5.91 Å². The zero-order valence-electron chi connectivity index (χ0n) is 17.8. The standard InChI is InChI=1S/C24H26N4O3S/c29-22(26-24-25-10-17-32-24)18-28(12-11-27-13-15-31-16-14-27)23(30)21-8-6-20(7-9-21)19-4-2-1-3-5-19/h1-10,17H,11-16,18H2,(H,25,26,29). The van der Waals surface area contributed by atoms with Crippen molar-refractivity contribution in [2.45, 2.75) is 0 Å². The maximum absolute atomic E-state index is 13.3. The fraction of sp³-hybridized carbons (Fsp3) is 0.292. The molecule has 8 heteroatoms. The van der Waals surface area contributed by atoms with E-state index in [1.807, 2.05) is 54.6 Å². The number of amides is 2. The largest absolute Gasteiger partial charge is 0.379 e. The van der Waals surface area contributed by atoms with Crippen LogP contribution in [0.25, 0.3) is 11.1 Å². The maximum Gasteiger partial charge on any atom is 0.254 e. The average Bonchev–Trinajstić information content (AvgIpc) is 3.35. The summed E-state index contributed by atoms with van der Waals surface area (Å²) in [5.74, 6) is -0.414. The molecule has 0 bridgehead atoms. The summed E-state index contributed by atoms with van der Waals surface area (Å²) < 4.78 is 5.40. The number of hydrogen-bond acceptors (Lipinski definition) is 6. The lowest BCUT2D eigenvalue weighted by molar-refractivity contribution is -0.117. The number of morpholine rings is 1. The van der Waals surface area contributed by atoms with Crippen LogP contribution in [-0.2, 0) is 9.53 Å². The summed E-state index contributed by atoms with van der Waals surface area (Å²) in [7, 11) is 0. The van der Waals surface area contributed by atoms with E-state index >= 15 is 0 Å². The Balaban J connectivity index is 1.45. The molecule has 1 saturated heterocycles. The molecular formula is C24H26N4O3S. The molecule has 32 heavy (non-hydrogen) atoms. The van der Waals surface area contributed by atoms with Gasteiger partial charge in [0.05, 0.1) is 13.2 Å². The Morgan fingerprint density at radius 2 is 1.75 bits per heavy atom. The summed E-state index contributed by atoms with van der Waals surface area (Å²) in [4.78, 5) is 33.8. The number of carbonyl (C=O) groups excluding carboxylic acids is 2. The van der Waals surface area contributed by atoms with Gasteiger partial charge in [0.2, 0.25) is 5.91 Å². The number of benzene rings is 2. The SMILES string of the molecule is O=C(CN(CCN1CCOCC1)C(=O)c1ccc(-c2ccccc2)cc1)Nc1nccs1. The first-order valence-electron chi connectivity index (χ1n) is 10.6. The summed E-state index contributed by atoms with van der Waals surface area (Å²) in [6.07, 6.45) is 1.63. The lowest BCUT2D eigenvalue weighted by Crippen LogP contribution is -2.45. The van der Waals surface area contributed by atoms with E-state index in [1.54, 1.807) is 16.5 Å². The molecule has 1 aliphatic heterocycles. The molecule has 1 fully saturated rings. The van der Waals surface area contributed by atoms with Crippen LogP contribution in [0, 0.1) is 0 Å². The number of nitrogens with zero attached hydrogens (tertiary/aromatic N) is 3. The van der Waals surface area contributed by atoms with Gasteiger partial charge in [-0.3, -0.25) is 14.5 Å². The van der Waals surface area contributed by atoms with Gasteiger partial charge in [0, 0.05) is 43.3 Å². The van der Waals surface area contributed by atoms with Crippen molar-refractivity contribution in [3.05, 3.63) is 71.7 Å². The molecule has 0 aliphatic carbocycles. The van der Waals surface area contributed by atoms with Crippen molar-refractivity contribution in [1.82, 2.24) is 14.8 Å². The molecule has 3 aromatic rings. The van der Waals surface area contributed by atoms with Crippen molar-refractivity contribution in [3.8, 4) is 11.1 Å². The molecule has 0 saturated carbocycles. The van der Waals surface area contributed by atoms with Crippen molar-refractivity contribution in [3.63, 3.8) is 0 Å². The number of rotatable bonds is 8. The zero-order valence-corrected chi connectivity index (χ0v) is 18.6. The maximum atomic E-state index is 13.3. The zero-order chi connectivity index (χ0) is 22.2. The van der Waals surface area contributed by atoms with E-state index in [0.717, 1.165) is 24.2 Å². The van der Waals surface area contributed by atoms with Crippen molar-refractivity contribution in [2.75, 3.05) is 51.3 Å². The summed E-state index contributed by atoms with van der Waals surface area (Å²) in [6, 6.07) is 17.6. The monoisotopic (exact) mass is 450 g/mol. The highest BCUT2D eigenvalue weighted by atomic mass is 32.1. The molecule has 1 N–H and O–H groups in total. The average molecular weight is 451 g/mol. The Hall–Kier alpha value is -3.07. The van der Waals surface area contributed by atoms with Gasteiger partial charge in [-0.15, -0.1) is 11.3 Å². The van der Waals surface area contributed by atoms with Gasteiger partial charge < -0.3 is 15.0 Å². The van der Waals surface area contributed by atoms with Crippen LogP contribution in [0.3, 0.4) is 0 Å². The molecule has 1 aromatic heterocycles. The minimum absolute atomic E-state index is 0.0246. The molecule has 2 amide bonds. The van der Waals surface area contributed by atoms with Gasteiger partial charge in [0.1, 0.15) is 6.54 Å². The van der Waals surface area contributed by atoms with Gasteiger partial charge in [-0.2, -0.15) is 0 Å². The lowest BCUT2D eigenvalue weighted by Gasteiger charge is -2.30. The van der Waals surface area contributed by atoms with Crippen LogP contribution >= 0.6 is 11.3 Å². The second-order valence-electron chi connectivity index (χ2n) is 7.51. The molecule has 0 unspecified atom stereocenters. The Morgan fingerprint density at radius 3 is 2.44 bits per heavy atom. The Labute approximate surface area is 191 Å². The van der Waals surface area contributed by atoms with E-state index in [-0.39, 0.29) is 18.4 Å². The van der Waals surface area contributed by atoms with Crippen LogP contribution in [0.1, 0.15) is 10.4 Å². The topological polar surface area (TPSA) is 74.8 Å². The van der Waals surface area contributed by atoms with Crippen LogP contribution in [0.15, 0.2) is 66.2 Å². The van der Waals surface area contributed by atoms with Crippen molar-refractivity contribution < 1.29 is 14.3 Å². The second kappa shape index (κ2) is 11.0. The molecule has 0 atom stereocenters. The number of aromatic nitrogens is 1. The fourth-order valence-corrected chi connectivity index (χ4v) is 4.12. The first-order valence-corrected chi connectivity index (χ1v) is 11.5. The van der Waals surface area contributed by atoms with Gasteiger partial charge >= 0.3 is 0 Å². The number of ether oxygens (including phenoxy) is 1. The van der Waals surface area contributed by atoms with E-state index in [9.17, 15) is 9.59 Å². The van der Waals surface area contributed by atoms with Gasteiger partial charge in [-0.25, -0.2) is 4.98 Å². The second-order valence-corrected chi connectivity index (χ2v) is 8.40. The summed E-state index contributed by atoms with van der Waals surface area (Å²) in [5, 5.41) is 5.10. The predicted molar refractivity (Wildman–Crippen MR) is 126 cm³/mol. The quantitative estimate of drug-likeness (QED) is 0.570. The van der Waals surface area contributed by atoms with E-state index in [2.05, 4.69) is 15.2 Å². The van der Waals surface area contributed by atoms with Gasteiger partial charge in [0.15, 0.2) is 5.13 Å². The molecule has 1 aliphatic rings. The van der Waals surface area contributed by atoms with Gasteiger partial charge in [-0.1, -0.05) is 42.5 Å². The van der Waals surface area contributed by atoms with Crippen LogP contribution in [0.2, 0.25) is 0 Å². The third kappa shape index (κ3) is 6.00. The molecule has 0 radical (unpaired) electrons. The molecule has 166 valence electrons. The van der Waals surface area contributed by atoms with Crippen molar-refractivity contribution >= 4 is 28.3 Å². The fourth-order valence-electron chi connectivity index (χ4n) is 3.58. The van der Waals surface area contributed by atoms with Crippen molar-refractivity contribution in [2.24, 2.45) is 0 Å². The summed E-state index contributed by atoms with van der Waals surface area (Å²) >= 11 is 1.35. The molecule has 4 rings (SSSR count). The Bertz CT molecular complexity index is 1000. The van der Waals surface area contributed by atoms with E-state index in [1.165, 1.54) is 11.3 Å².